The molecule has 0 saturated heterocycles. The van der Waals surface area contributed by atoms with Crippen molar-refractivity contribution in [1.29, 1.82) is 0 Å². The molecule has 0 aromatic carbocycles. The van der Waals surface area contributed by atoms with Crippen LogP contribution in [0.2, 0.25) is 0 Å². The second-order valence-electron chi connectivity index (χ2n) is 7.01. The van der Waals surface area contributed by atoms with Crippen LogP contribution in [0.1, 0.15) is 78.1 Å². The van der Waals surface area contributed by atoms with Crippen LogP contribution in [-0.2, 0) is 0 Å². The number of halogens is 2. The van der Waals surface area contributed by atoms with E-state index < -0.39 is 0 Å². The molecule has 138 valence electrons. The molecule has 1 aromatic rings. The first kappa shape index (κ1) is 20.9. The molecule has 0 unspecified atom stereocenters. The second kappa shape index (κ2) is 10.6. The van der Waals surface area contributed by atoms with E-state index in [9.17, 15) is 0 Å². The van der Waals surface area contributed by atoms with Gasteiger partial charge in [-0.25, -0.2) is 0 Å². The van der Waals surface area contributed by atoms with Crippen LogP contribution in [0, 0.1) is 5.41 Å². The normalized spacial score (nSPS) is 16.2. The van der Waals surface area contributed by atoms with Gasteiger partial charge in [-0.3, -0.25) is 0 Å². The van der Waals surface area contributed by atoms with Gasteiger partial charge in [0, 0.05) is 0 Å². The third-order valence-electron chi connectivity index (χ3n) is 4.91. The third-order valence-corrected chi connectivity index (χ3v) is 8.84. The first-order valence-electron chi connectivity index (χ1n) is 9.35. The Bertz CT molecular complexity index is 459. The Kier molecular flexibility index (Phi) is 9.26. The molecule has 2 heterocycles. The van der Waals surface area contributed by atoms with Crippen LogP contribution in [0.4, 0.5) is 0 Å². The van der Waals surface area contributed by atoms with E-state index in [1.807, 2.05) is 0 Å². The van der Waals surface area contributed by atoms with Gasteiger partial charge in [-0.15, -0.1) is 0 Å². The second-order valence-corrected chi connectivity index (χ2v) is 13.1. The Morgan fingerprint density at radius 1 is 0.792 bits per heavy atom. The SMILES string of the molecule is CCCCCCC1(CCCCCC)COc2c(Br)[se]c(Br)c2OC1. The van der Waals surface area contributed by atoms with E-state index in [-0.39, 0.29) is 19.9 Å². The van der Waals surface area contributed by atoms with Gasteiger partial charge >= 0.3 is 171 Å². The van der Waals surface area contributed by atoms with Crippen molar-refractivity contribution in [1.82, 2.24) is 0 Å². The van der Waals surface area contributed by atoms with Gasteiger partial charge in [-0.2, -0.15) is 0 Å². The van der Waals surface area contributed by atoms with E-state index >= 15 is 0 Å². The molecule has 0 N–H and O–H groups in total. The Morgan fingerprint density at radius 2 is 1.25 bits per heavy atom. The zero-order valence-corrected chi connectivity index (χ0v) is 19.9. The molecule has 2 rings (SSSR count). The van der Waals surface area contributed by atoms with E-state index in [2.05, 4.69) is 45.7 Å². The summed E-state index contributed by atoms with van der Waals surface area (Å²) in [5, 5.41) is 0. The van der Waals surface area contributed by atoms with Crippen molar-refractivity contribution in [2.24, 2.45) is 5.41 Å². The molecule has 24 heavy (non-hydrogen) atoms. The summed E-state index contributed by atoms with van der Waals surface area (Å²) in [6.45, 7) is 6.15. The molecule has 0 radical (unpaired) electrons. The van der Waals surface area contributed by atoms with Gasteiger partial charge < -0.3 is 0 Å². The van der Waals surface area contributed by atoms with Crippen molar-refractivity contribution in [3.63, 3.8) is 0 Å². The van der Waals surface area contributed by atoms with Gasteiger partial charge in [0.15, 0.2) is 0 Å². The summed E-state index contributed by atoms with van der Waals surface area (Å²) in [7, 11) is 0. The van der Waals surface area contributed by atoms with Crippen molar-refractivity contribution >= 4 is 46.4 Å². The minimum atomic E-state index is 0.180. The summed E-state index contributed by atoms with van der Waals surface area (Å²) in [6.07, 6.45) is 12.9. The first-order chi connectivity index (χ1) is 11.6. The van der Waals surface area contributed by atoms with Crippen molar-refractivity contribution in [2.45, 2.75) is 78.1 Å². The van der Waals surface area contributed by atoms with E-state index in [1.54, 1.807) is 0 Å². The summed E-state index contributed by atoms with van der Waals surface area (Å²) in [5.74, 6) is 1.90. The maximum absolute atomic E-state index is 6.28. The van der Waals surface area contributed by atoms with Gasteiger partial charge in [0.05, 0.1) is 0 Å². The zero-order chi connectivity index (χ0) is 17.4. The quantitative estimate of drug-likeness (QED) is 0.241. The van der Waals surface area contributed by atoms with Crippen LogP contribution in [0.15, 0.2) is 6.69 Å². The first-order valence-corrected chi connectivity index (χ1v) is 12.6. The molecule has 1 aliphatic rings. The van der Waals surface area contributed by atoms with Crippen LogP contribution < -0.4 is 9.47 Å². The summed E-state index contributed by atoms with van der Waals surface area (Å²) < 4.78 is 14.9. The molecule has 1 aromatic heterocycles. The van der Waals surface area contributed by atoms with Crippen molar-refractivity contribution < 1.29 is 9.47 Å². The number of rotatable bonds is 10. The van der Waals surface area contributed by atoms with Crippen molar-refractivity contribution in [2.75, 3.05) is 13.2 Å². The molecule has 0 atom stereocenters. The van der Waals surface area contributed by atoms with E-state index in [4.69, 9.17) is 9.47 Å². The van der Waals surface area contributed by atoms with Gasteiger partial charge in [-0.1, -0.05) is 0 Å². The molecular formula is C19H30Br2O2Se. The molecule has 0 saturated carbocycles. The molecule has 0 amide bonds. The number of ether oxygens (including phenoxy) is 2. The average Bonchev–Trinajstić information content (AvgIpc) is 2.73. The molecule has 0 spiro atoms. The standard InChI is InChI=1S/C19H30Br2O2Se/c1-3-5-7-9-11-19(12-10-8-6-4-2)13-22-15-16(23-14-19)18(21)24-17(15)20/h3-14H2,1-2H3. The molecule has 2 nitrogen and oxygen atoms in total. The summed E-state index contributed by atoms with van der Waals surface area (Å²) >= 11 is 7.61. The number of hydrogen-bond donors (Lipinski definition) is 0. The van der Waals surface area contributed by atoms with Crippen LogP contribution in [-0.4, -0.2) is 27.7 Å². The van der Waals surface area contributed by atoms with Crippen molar-refractivity contribution in [3.05, 3.63) is 6.69 Å². The number of fused-ring (bicyclic) bond motifs is 1. The average molecular weight is 529 g/mol. The fourth-order valence-corrected chi connectivity index (χ4v) is 8.11. The summed E-state index contributed by atoms with van der Waals surface area (Å²) in [6, 6.07) is 0. The predicted octanol–water partition coefficient (Wildman–Crippen LogP) is 6.97. The van der Waals surface area contributed by atoms with Crippen LogP contribution in [0.25, 0.3) is 0 Å². The Labute approximate surface area is 170 Å². The van der Waals surface area contributed by atoms with Gasteiger partial charge in [0.1, 0.15) is 0 Å². The van der Waals surface area contributed by atoms with Gasteiger partial charge in [0.25, 0.3) is 0 Å². The topological polar surface area (TPSA) is 18.5 Å². The van der Waals surface area contributed by atoms with Crippen LogP contribution in [0.5, 0.6) is 11.5 Å². The van der Waals surface area contributed by atoms with Crippen LogP contribution >= 0.6 is 31.9 Å². The van der Waals surface area contributed by atoms with E-state index in [1.165, 1.54) is 70.9 Å². The maximum atomic E-state index is 6.28. The Hall–Kier alpha value is 0.559. The monoisotopic (exact) mass is 528 g/mol. The Morgan fingerprint density at radius 3 is 1.67 bits per heavy atom. The van der Waals surface area contributed by atoms with Crippen molar-refractivity contribution in [3.8, 4) is 11.5 Å². The molecule has 0 fully saturated rings. The van der Waals surface area contributed by atoms with Gasteiger partial charge in [0.2, 0.25) is 0 Å². The Balaban J connectivity index is 2.01. The minimum absolute atomic E-state index is 0.180. The number of hydrogen-bond acceptors (Lipinski definition) is 2. The molecule has 1 aliphatic heterocycles. The van der Waals surface area contributed by atoms with Gasteiger partial charge in [-0.05, 0) is 0 Å². The summed E-state index contributed by atoms with van der Waals surface area (Å²) in [5.41, 5.74) is 0.180. The van der Waals surface area contributed by atoms with E-state index in [0.717, 1.165) is 24.7 Å². The zero-order valence-electron chi connectivity index (χ0n) is 15.0. The fourth-order valence-electron chi connectivity index (χ4n) is 3.35. The molecule has 0 bridgehead atoms. The summed E-state index contributed by atoms with van der Waals surface area (Å²) in [4.78, 5) is 0. The molecular weight excluding hydrogens is 499 g/mol. The molecule has 0 aliphatic carbocycles. The van der Waals surface area contributed by atoms with Crippen LogP contribution in [0.3, 0.4) is 0 Å². The fraction of sp³-hybridized carbons (Fsp3) is 0.789. The molecule has 5 heteroatoms. The van der Waals surface area contributed by atoms with E-state index in [0.29, 0.717) is 0 Å². The predicted molar refractivity (Wildman–Crippen MR) is 110 cm³/mol. The third kappa shape index (κ3) is 5.79. The number of unbranched alkanes of at least 4 members (excludes halogenated alkanes) is 6.